The average Bonchev–Trinajstić information content (AvgIpc) is 2.78. The highest BCUT2D eigenvalue weighted by Gasteiger charge is 2.31. The molecule has 1 atom stereocenters. The van der Waals surface area contributed by atoms with Gasteiger partial charge < -0.3 is 10.2 Å². The standard InChI is InChI=1S/C24H32ClN3O4S/c1-4-6-16-26-24(30)22(5-2)27(17-19-12-10-11-15-21(19)25)23(29)18-28(33(3,31)32)20-13-8-7-9-14-20/h7-15,22H,4-6,16-18H2,1-3H3,(H,26,30)/t22-/m1/s1. The van der Waals surface area contributed by atoms with Gasteiger partial charge in [0.15, 0.2) is 0 Å². The fourth-order valence-corrected chi connectivity index (χ4v) is 4.49. The van der Waals surface area contributed by atoms with E-state index in [2.05, 4.69) is 5.32 Å². The number of unbranched alkanes of at least 4 members (excludes halogenated alkanes) is 1. The van der Waals surface area contributed by atoms with Crippen molar-refractivity contribution in [2.75, 3.05) is 23.7 Å². The number of amides is 2. The molecule has 0 spiro atoms. The van der Waals surface area contributed by atoms with Crippen LogP contribution in [0.3, 0.4) is 0 Å². The maximum atomic E-state index is 13.5. The number of benzene rings is 2. The first kappa shape index (κ1) is 26.7. The molecule has 0 aromatic heterocycles. The number of hydrogen-bond acceptors (Lipinski definition) is 4. The van der Waals surface area contributed by atoms with E-state index in [0.717, 1.165) is 23.4 Å². The zero-order chi connectivity index (χ0) is 24.4. The third-order valence-electron chi connectivity index (χ3n) is 5.24. The van der Waals surface area contributed by atoms with Crippen LogP contribution in [-0.4, -0.2) is 50.5 Å². The highest BCUT2D eigenvalue weighted by molar-refractivity contribution is 7.92. The van der Waals surface area contributed by atoms with Crippen molar-refractivity contribution in [1.82, 2.24) is 10.2 Å². The molecule has 2 amide bonds. The first-order valence-corrected chi connectivity index (χ1v) is 13.2. The van der Waals surface area contributed by atoms with E-state index in [1.165, 1.54) is 4.90 Å². The molecule has 9 heteroatoms. The maximum absolute atomic E-state index is 13.5. The Morgan fingerprint density at radius 1 is 1.03 bits per heavy atom. The molecule has 1 N–H and O–H groups in total. The summed E-state index contributed by atoms with van der Waals surface area (Å²) < 4.78 is 26.1. The quantitative estimate of drug-likeness (QED) is 0.455. The average molecular weight is 494 g/mol. The number of nitrogens with zero attached hydrogens (tertiary/aromatic N) is 2. The number of nitrogens with one attached hydrogen (secondary N) is 1. The summed E-state index contributed by atoms with van der Waals surface area (Å²) in [6, 6.07) is 14.8. The molecular weight excluding hydrogens is 462 g/mol. The van der Waals surface area contributed by atoms with Gasteiger partial charge in [-0.2, -0.15) is 0 Å². The Morgan fingerprint density at radius 3 is 2.24 bits per heavy atom. The molecule has 0 aliphatic rings. The van der Waals surface area contributed by atoms with Gasteiger partial charge in [0, 0.05) is 18.1 Å². The summed E-state index contributed by atoms with van der Waals surface area (Å²) in [6.07, 6.45) is 3.19. The Balaban J connectivity index is 2.38. The van der Waals surface area contributed by atoms with Crippen LogP contribution in [0.2, 0.25) is 5.02 Å². The van der Waals surface area contributed by atoms with Crippen LogP contribution in [0.5, 0.6) is 0 Å². The van der Waals surface area contributed by atoms with Gasteiger partial charge in [-0.25, -0.2) is 8.42 Å². The molecule has 0 unspecified atom stereocenters. The Labute approximate surface area is 201 Å². The zero-order valence-corrected chi connectivity index (χ0v) is 20.9. The van der Waals surface area contributed by atoms with E-state index in [4.69, 9.17) is 11.6 Å². The van der Waals surface area contributed by atoms with Gasteiger partial charge >= 0.3 is 0 Å². The second-order valence-electron chi connectivity index (χ2n) is 7.79. The second-order valence-corrected chi connectivity index (χ2v) is 10.1. The molecule has 7 nitrogen and oxygen atoms in total. The van der Waals surface area contributed by atoms with Gasteiger partial charge in [0.05, 0.1) is 11.9 Å². The molecule has 0 saturated carbocycles. The van der Waals surface area contributed by atoms with Crippen molar-refractivity contribution >= 4 is 39.1 Å². The minimum absolute atomic E-state index is 0.0879. The lowest BCUT2D eigenvalue weighted by Gasteiger charge is -2.33. The fraction of sp³-hybridized carbons (Fsp3) is 0.417. The summed E-state index contributed by atoms with van der Waals surface area (Å²) in [5.41, 5.74) is 1.06. The predicted octanol–water partition coefficient (Wildman–Crippen LogP) is 3.83. The number of halogens is 1. The molecule has 0 fully saturated rings. The highest BCUT2D eigenvalue weighted by Crippen LogP contribution is 2.22. The monoisotopic (exact) mass is 493 g/mol. The van der Waals surface area contributed by atoms with Crippen LogP contribution in [-0.2, 0) is 26.2 Å². The van der Waals surface area contributed by atoms with Crippen molar-refractivity contribution in [3.63, 3.8) is 0 Å². The summed E-state index contributed by atoms with van der Waals surface area (Å²) in [5, 5.41) is 3.36. The number of rotatable bonds is 12. The Hall–Kier alpha value is -2.58. The van der Waals surface area contributed by atoms with Gasteiger partial charge in [-0.1, -0.05) is 68.3 Å². The van der Waals surface area contributed by atoms with Gasteiger partial charge in [-0.05, 0) is 36.6 Å². The van der Waals surface area contributed by atoms with Crippen molar-refractivity contribution in [3.05, 3.63) is 65.2 Å². The first-order chi connectivity index (χ1) is 15.7. The normalized spacial score (nSPS) is 12.1. The summed E-state index contributed by atoms with van der Waals surface area (Å²) in [5.74, 6) is -0.751. The summed E-state index contributed by atoms with van der Waals surface area (Å²) in [7, 11) is -3.74. The predicted molar refractivity (Wildman–Crippen MR) is 133 cm³/mol. The molecule has 0 saturated heterocycles. The largest absolute Gasteiger partial charge is 0.354 e. The smallest absolute Gasteiger partial charge is 0.244 e. The van der Waals surface area contributed by atoms with Crippen LogP contribution in [0.15, 0.2) is 54.6 Å². The van der Waals surface area contributed by atoms with Crippen LogP contribution < -0.4 is 9.62 Å². The summed E-state index contributed by atoms with van der Waals surface area (Å²) in [6.45, 7) is 4.03. The lowest BCUT2D eigenvalue weighted by Crippen LogP contribution is -2.52. The van der Waals surface area contributed by atoms with E-state index in [9.17, 15) is 18.0 Å². The lowest BCUT2D eigenvalue weighted by molar-refractivity contribution is -0.140. The van der Waals surface area contributed by atoms with E-state index < -0.39 is 28.5 Å². The molecular formula is C24H32ClN3O4S. The molecule has 0 heterocycles. The topological polar surface area (TPSA) is 86.8 Å². The maximum Gasteiger partial charge on any atom is 0.244 e. The molecule has 2 aromatic rings. The van der Waals surface area contributed by atoms with E-state index >= 15 is 0 Å². The molecule has 33 heavy (non-hydrogen) atoms. The van der Waals surface area contributed by atoms with Crippen LogP contribution in [0.4, 0.5) is 5.69 Å². The Morgan fingerprint density at radius 2 is 1.67 bits per heavy atom. The van der Waals surface area contributed by atoms with E-state index in [1.807, 2.05) is 13.8 Å². The van der Waals surface area contributed by atoms with Crippen LogP contribution in [0.25, 0.3) is 0 Å². The minimum Gasteiger partial charge on any atom is -0.354 e. The fourth-order valence-electron chi connectivity index (χ4n) is 3.44. The number of hydrogen-bond donors (Lipinski definition) is 1. The van der Waals surface area contributed by atoms with Crippen LogP contribution in [0.1, 0.15) is 38.7 Å². The van der Waals surface area contributed by atoms with E-state index in [0.29, 0.717) is 29.2 Å². The third kappa shape index (κ3) is 7.75. The van der Waals surface area contributed by atoms with Crippen molar-refractivity contribution < 1.29 is 18.0 Å². The van der Waals surface area contributed by atoms with Gasteiger partial charge in [0.2, 0.25) is 21.8 Å². The minimum atomic E-state index is -3.74. The summed E-state index contributed by atoms with van der Waals surface area (Å²) in [4.78, 5) is 27.9. The van der Waals surface area contributed by atoms with Gasteiger partial charge in [0.1, 0.15) is 12.6 Å². The number of sulfonamides is 1. The van der Waals surface area contributed by atoms with Gasteiger partial charge in [-0.15, -0.1) is 0 Å². The van der Waals surface area contributed by atoms with Gasteiger partial charge in [-0.3, -0.25) is 13.9 Å². The zero-order valence-electron chi connectivity index (χ0n) is 19.3. The molecule has 2 rings (SSSR count). The number of anilines is 1. The van der Waals surface area contributed by atoms with Crippen molar-refractivity contribution in [2.24, 2.45) is 0 Å². The molecule has 180 valence electrons. The second kappa shape index (κ2) is 12.6. The van der Waals surface area contributed by atoms with Crippen molar-refractivity contribution in [1.29, 1.82) is 0 Å². The first-order valence-electron chi connectivity index (χ1n) is 11.0. The number of carbonyl (C=O) groups excluding carboxylic acids is 2. The van der Waals surface area contributed by atoms with Crippen molar-refractivity contribution in [2.45, 2.75) is 45.7 Å². The van der Waals surface area contributed by atoms with Crippen molar-refractivity contribution in [3.8, 4) is 0 Å². The molecule has 0 bridgehead atoms. The Kier molecular flexibility index (Phi) is 10.2. The van der Waals surface area contributed by atoms with Gasteiger partial charge in [0.25, 0.3) is 0 Å². The number of carbonyl (C=O) groups is 2. The molecule has 2 aromatic carbocycles. The number of para-hydroxylation sites is 1. The molecule has 0 aliphatic heterocycles. The SMILES string of the molecule is CCCCNC(=O)[C@@H](CC)N(Cc1ccccc1Cl)C(=O)CN(c1ccccc1)S(C)(=O)=O. The van der Waals surface area contributed by atoms with E-state index in [1.54, 1.807) is 54.6 Å². The Bertz CT molecular complexity index is 1030. The summed E-state index contributed by atoms with van der Waals surface area (Å²) >= 11 is 6.33. The molecule has 0 aliphatic carbocycles. The third-order valence-corrected chi connectivity index (χ3v) is 6.75. The highest BCUT2D eigenvalue weighted by atomic mass is 35.5. The lowest BCUT2D eigenvalue weighted by atomic mass is 10.1. The molecule has 0 radical (unpaired) electrons. The van der Waals surface area contributed by atoms with E-state index in [-0.39, 0.29) is 12.5 Å². The van der Waals surface area contributed by atoms with Crippen LogP contribution in [0, 0.1) is 0 Å². The van der Waals surface area contributed by atoms with Crippen LogP contribution >= 0.6 is 11.6 Å².